The van der Waals surface area contributed by atoms with Gasteiger partial charge in [0.25, 0.3) is 0 Å². The van der Waals surface area contributed by atoms with E-state index in [0.29, 0.717) is 16.8 Å². The van der Waals surface area contributed by atoms with Crippen LogP contribution in [0.1, 0.15) is 117 Å². The lowest BCUT2D eigenvalue weighted by Crippen LogP contribution is -2.41. The van der Waals surface area contributed by atoms with Crippen LogP contribution in [-0.2, 0) is 20.3 Å². The molecule has 2 spiro atoms. The molecule has 0 unspecified atom stereocenters. The van der Waals surface area contributed by atoms with Crippen molar-refractivity contribution in [2.75, 3.05) is 0 Å². The highest BCUT2D eigenvalue weighted by Crippen LogP contribution is 2.60. The molecule has 16 aromatic carbocycles. The Morgan fingerprint density at radius 3 is 1.07 bits per heavy atom. The molecule has 574 valence electrons. The van der Waals surface area contributed by atoms with Crippen LogP contribution in [0.2, 0.25) is 0 Å². The van der Waals surface area contributed by atoms with Crippen molar-refractivity contribution in [3.63, 3.8) is 0 Å². The highest BCUT2D eigenvalue weighted by Gasteiger charge is 2.52. The lowest BCUT2D eigenvalue weighted by Gasteiger charge is -2.43. The third-order valence-corrected chi connectivity index (χ3v) is 26.8. The lowest BCUT2D eigenvalue weighted by molar-refractivity contribution is -0.0895. The first-order valence-corrected chi connectivity index (χ1v) is 42.4. The zero-order chi connectivity index (χ0) is 82.0. The first kappa shape index (κ1) is 74.5. The fraction of sp³-hybridized carbons (Fsp3) is 0.0804. The molecule has 23 rings (SSSR count). The van der Waals surface area contributed by atoms with Crippen LogP contribution in [0.3, 0.4) is 0 Å². The van der Waals surface area contributed by atoms with Crippen LogP contribution in [0.25, 0.3) is 140 Å². The van der Waals surface area contributed by atoms with Gasteiger partial charge in [-0.1, -0.05) is 317 Å². The van der Waals surface area contributed by atoms with Crippen molar-refractivity contribution >= 4 is 105 Å². The van der Waals surface area contributed by atoms with Crippen molar-refractivity contribution in [1.29, 1.82) is 10.5 Å². The minimum absolute atomic E-state index is 0.336. The van der Waals surface area contributed by atoms with E-state index in [4.69, 9.17) is 21.3 Å². The van der Waals surface area contributed by atoms with Crippen molar-refractivity contribution in [3.05, 3.63) is 456 Å². The van der Waals surface area contributed by atoms with E-state index in [9.17, 15) is 5.26 Å². The highest BCUT2D eigenvalue weighted by atomic mass is 79.9. The Morgan fingerprint density at radius 2 is 0.645 bits per heavy atom. The largest absolute Gasteiger partial charge is 0.339 e. The normalized spacial score (nSPS) is 15.4. The molecule has 2 aliphatic carbocycles. The van der Waals surface area contributed by atoms with Gasteiger partial charge in [-0.3, -0.25) is 0 Å². The maximum atomic E-state index is 9.56. The van der Waals surface area contributed by atoms with Crippen LogP contribution >= 0.6 is 31.9 Å². The van der Waals surface area contributed by atoms with E-state index in [1.165, 1.54) is 122 Å². The molecule has 0 bridgehead atoms. The summed E-state index contributed by atoms with van der Waals surface area (Å²) in [4.78, 5) is 3.66. The van der Waals surface area contributed by atoms with E-state index in [2.05, 4.69) is 377 Å². The summed E-state index contributed by atoms with van der Waals surface area (Å²) in [7, 11) is 0. The number of hydrogen-bond donors (Lipinski definition) is 0. The smallest absolute Gasteiger partial charge is 0.187 e. The molecule has 121 heavy (non-hydrogen) atoms. The molecule has 18 aromatic rings. The highest BCUT2D eigenvalue weighted by molar-refractivity contribution is 9.10. The minimum Gasteiger partial charge on any atom is -0.339 e. The van der Waals surface area contributed by atoms with Crippen LogP contribution in [0, 0.1) is 29.2 Å². The monoisotopic (exact) mass is 1680 g/mol. The predicted octanol–water partition coefficient (Wildman–Crippen LogP) is 29.4. The molecule has 1 saturated heterocycles. The Labute approximate surface area is 720 Å². The lowest BCUT2D eigenvalue weighted by atomic mass is 9.61. The van der Waals surface area contributed by atoms with Gasteiger partial charge >= 0.3 is 0 Å². The van der Waals surface area contributed by atoms with Crippen LogP contribution in [-0.4, -0.2) is 20.3 Å². The second kappa shape index (κ2) is 29.2. The molecule has 0 radical (unpaired) electrons. The van der Waals surface area contributed by atoms with E-state index in [1.807, 2.05) is 84.9 Å². The average molecular weight is 1680 g/mol. The number of ether oxygens (including phenoxy) is 2. The van der Waals surface area contributed by atoms with Gasteiger partial charge in [0.05, 0.1) is 85.3 Å². The van der Waals surface area contributed by atoms with Crippen molar-refractivity contribution in [2.45, 2.75) is 56.0 Å². The fourth-order valence-electron chi connectivity index (χ4n) is 19.4. The zero-order valence-corrected chi connectivity index (χ0v) is 69.9. The standard InChI is InChI=1S/C59H35N3.C33H19Br2N.C20H21NO2/c1-61-49-12-7-11-46(34-49)40-21-25-42(26-22-40)48-32-30-44-28-27-43-29-31-47(41-23-19-39(20-24-41)45-10-6-9-38(33-45)37-60)35-54(43)59(55(44)36-48)52-15-3-5-18-57(52)62-56-17-4-2-13-50(56)51-14-8-16-53(59)58(51)62;34-22-16-14-20-12-13-21-15-17-23(35)19-29(21)33(28(20)18-22)26-8-2-4-11-31(26)36-30-10-3-1-6-24(30)25-7-5-9-27(33)32(25)36;1-19(2)20(3,4)23-18(22-19)16-10-8-15(9-11-16)17-7-5-6-14(12-17)13-21/h2-36H;1-19H;5-12,18H,1-4H3/t59-;;/m1../s1. The second-order valence-electron chi connectivity index (χ2n) is 32.8. The number of nitriles is 2. The van der Waals surface area contributed by atoms with Gasteiger partial charge in [-0.2, -0.15) is 10.5 Å². The SMILES string of the molecule is Brc1ccc2c(c1)C1(c3cc(Br)ccc3C=C2)c2ccccc2-n2c3ccccc3c3cccc1c32.CC1(C)OC(c2ccc(-c3cccc(C#N)c3)cc2)OC1(C)C.[C-]#[N+]c1cccc(-c2ccc(-c3ccc4c(c3)[C@]3(c5cc(-c6ccc(-c7cccc(C#N)c7)cc6)ccc5C=C4)c4ccccc4-n4c5ccccc5c5cccc3c54)cc2)c1. The summed E-state index contributed by atoms with van der Waals surface area (Å²) in [5, 5.41) is 23.6. The van der Waals surface area contributed by atoms with Crippen LogP contribution in [0.15, 0.2) is 361 Å². The number of para-hydroxylation sites is 6. The quantitative estimate of drug-likeness (QED) is 0.155. The Bertz CT molecular complexity index is 7320. The zero-order valence-electron chi connectivity index (χ0n) is 66.7. The van der Waals surface area contributed by atoms with Crippen LogP contribution < -0.4 is 0 Å². The first-order chi connectivity index (χ1) is 59.1. The predicted molar refractivity (Wildman–Crippen MR) is 501 cm³/mol. The van der Waals surface area contributed by atoms with Crippen LogP contribution in [0.4, 0.5) is 5.69 Å². The summed E-state index contributed by atoms with van der Waals surface area (Å²) < 4.78 is 19.3. The number of benzene rings is 16. The minimum atomic E-state index is -0.696. The van der Waals surface area contributed by atoms with Gasteiger partial charge in [-0.25, -0.2) is 4.85 Å². The van der Waals surface area contributed by atoms with Gasteiger partial charge in [-0.05, 0) is 241 Å². The third kappa shape index (κ3) is 12.0. The molecule has 5 aliphatic rings. The molecule has 3 aliphatic heterocycles. The summed E-state index contributed by atoms with van der Waals surface area (Å²) in [6.07, 6.45) is 8.80. The molecule has 7 nitrogen and oxygen atoms in total. The molecule has 0 N–H and O–H groups in total. The fourth-order valence-corrected chi connectivity index (χ4v) is 20.2. The third-order valence-electron chi connectivity index (χ3n) is 25.8. The van der Waals surface area contributed by atoms with Gasteiger partial charge in [0.2, 0.25) is 0 Å². The molecule has 1 atom stereocenters. The molecule has 5 heterocycles. The summed E-state index contributed by atoms with van der Waals surface area (Å²) >= 11 is 7.64. The summed E-state index contributed by atoms with van der Waals surface area (Å²) in [6, 6.07) is 130. The van der Waals surface area contributed by atoms with Crippen molar-refractivity contribution < 1.29 is 9.47 Å². The van der Waals surface area contributed by atoms with E-state index in [-0.39, 0.29) is 17.5 Å². The molecule has 9 heteroatoms. The Balaban J connectivity index is 0.000000128. The Kier molecular flexibility index (Phi) is 18.0. The van der Waals surface area contributed by atoms with Gasteiger partial charge in [0.1, 0.15) is 0 Å². The number of hydrogen-bond acceptors (Lipinski definition) is 4. The molecule has 1 fully saturated rings. The van der Waals surface area contributed by atoms with Crippen molar-refractivity contribution in [1.82, 2.24) is 9.13 Å². The number of aromatic nitrogens is 2. The molecular formula is C112H75Br2N5O2. The molecule has 0 amide bonds. The van der Waals surface area contributed by atoms with Gasteiger partial charge in [0, 0.05) is 36.1 Å². The molecular weight excluding hydrogens is 1610 g/mol. The molecule has 0 saturated carbocycles. The first-order valence-electron chi connectivity index (χ1n) is 40.8. The average Bonchev–Trinajstić information content (AvgIpc) is 1.59. The number of rotatable bonds is 6. The summed E-state index contributed by atoms with van der Waals surface area (Å²) in [5.41, 5.74) is 34.4. The number of nitrogens with zero attached hydrogens (tertiary/aromatic N) is 5. The van der Waals surface area contributed by atoms with E-state index >= 15 is 0 Å². The maximum Gasteiger partial charge on any atom is 0.187 e. The maximum absolute atomic E-state index is 9.56. The topological polar surface area (TPSA) is 80.3 Å². The van der Waals surface area contributed by atoms with Crippen molar-refractivity contribution in [2.24, 2.45) is 0 Å². The summed E-state index contributed by atoms with van der Waals surface area (Å²) in [5.74, 6) is 0. The van der Waals surface area contributed by atoms with E-state index in [1.54, 1.807) is 0 Å². The molecule has 2 aromatic heterocycles. The summed E-state index contributed by atoms with van der Waals surface area (Å²) in [6.45, 7) is 15.7. The van der Waals surface area contributed by atoms with Gasteiger partial charge in [0.15, 0.2) is 12.0 Å². The second-order valence-corrected chi connectivity index (χ2v) is 34.6. The van der Waals surface area contributed by atoms with E-state index < -0.39 is 10.8 Å². The van der Waals surface area contributed by atoms with Crippen molar-refractivity contribution in [3.8, 4) is 79.1 Å². The Morgan fingerprint density at radius 1 is 0.314 bits per heavy atom. The number of fused-ring (bicyclic) bond motifs is 22. The van der Waals surface area contributed by atoms with E-state index in [0.717, 1.165) is 70.1 Å². The number of halogens is 2. The van der Waals surface area contributed by atoms with Gasteiger partial charge < -0.3 is 18.6 Å². The van der Waals surface area contributed by atoms with Crippen LogP contribution in [0.5, 0.6) is 0 Å². The Hall–Kier alpha value is -14.1. The van der Waals surface area contributed by atoms with Gasteiger partial charge in [-0.15, -0.1) is 0 Å².